The molecule has 4 aromatic carbocycles. The number of carbonyl (C=O) groups excluding carboxylic acids is 1. The molecule has 0 atom stereocenters. The Morgan fingerprint density at radius 2 is 1.53 bits per heavy atom. The van der Waals surface area contributed by atoms with Crippen molar-refractivity contribution in [1.82, 2.24) is 5.43 Å². The van der Waals surface area contributed by atoms with Crippen LogP contribution in [-0.4, -0.2) is 32.8 Å². The molecule has 0 heterocycles. The van der Waals surface area contributed by atoms with E-state index in [4.69, 9.17) is 8.92 Å². The average molecular weight is 477 g/mol. The summed E-state index contributed by atoms with van der Waals surface area (Å²) in [5.41, 5.74) is 3.06. The first-order valence-electron chi connectivity index (χ1n) is 10.1. The number of aromatic hydroxyl groups is 1. The zero-order chi connectivity index (χ0) is 24.1. The number of rotatable bonds is 7. The van der Waals surface area contributed by atoms with Crippen molar-refractivity contribution in [3.05, 3.63) is 96.1 Å². The Morgan fingerprint density at radius 1 is 0.912 bits per heavy atom. The van der Waals surface area contributed by atoms with Gasteiger partial charge in [0.25, 0.3) is 5.91 Å². The normalized spacial score (nSPS) is 11.4. The number of nitrogens with one attached hydrogen (secondary N) is 1. The van der Waals surface area contributed by atoms with Crippen LogP contribution < -0.4 is 14.3 Å². The number of phenolic OH excluding ortho intramolecular Hbond substituents is 1. The lowest BCUT2D eigenvalue weighted by molar-refractivity contribution is 0.0952. The number of phenols is 1. The van der Waals surface area contributed by atoms with E-state index >= 15 is 0 Å². The number of fused-ring (bicyclic) bond motifs is 1. The Labute approximate surface area is 196 Å². The lowest BCUT2D eigenvalue weighted by atomic mass is 10.1. The third kappa shape index (κ3) is 5.16. The maximum Gasteiger partial charge on any atom is 0.339 e. The molecule has 8 nitrogen and oxygen atoms in total. The second-order valence-corrected chi connectivity index (χ2v) is 8.74. The lowest BCUT2D eigenvalue weighted by Crippen LogP contribution is -2.17. The summed E-state index contributed by atoms with van der Waals surface area (Å²) in [6.07, 6.45) is 1.39. The van der Waals surface area contributed by atoms with E-state index in [1.54, 1.807) is 18.2 Å². The van der Waals surface area contributed by atoms with Crippen molar-refractivity contribution in [2.24, 2.45) is 5.10 Å². The number of hydrogen-bond acceptors (Lipinski definition) is 7. The molecule has 0 radical (unpaired) electrons. The SMILES string of the molecule is COc1ccc(S(=O)(=O)Oc2ccc(/C=N/NC(=O)c3cc4ccccc4cc3O)cc2)cc1. The van der Waals surface area contributed by atoms with E-state index in [0.29, 0.717) is 11.3 Å². The summed E-state index contributed by atoms with van der Waals surface area (Å²) in [7, 11) is -2.51. The fraction of sp³-hybridized carbons (Fsp3) is 0.0400. The highest BCUT2D eigenvalue weighted by molar-refractivity contribution is 7.87. The molecule has 4 aromatic rings. The van der Waals surface area contributed by atoms with Crippen molar-refractivity contribution in [1.29, 1.82) is 0 Å². The monoisotopic (exact) mass is 476 g/mol. The molecule has 0 saturated heterocycles. The lowest BCUT2D eigenvalue weighted by Gasteiger charge is -2.08. The Balaban J connectivity index is 1.40. The van der Waals surface area contributed by atoms with Crippen LogP contribution >= 0.6 is 0 Å². The molecule has 1 amide bonds. The number of hydrogen-bond donors (Lipinski definition) is 2. The van der Waals surface area contributed by atoms with Gasteiger partial charge in [-0.05, 0) is 77.0 Å². The van der Waals surface area contributed by atoms with Gasteiger partial charge in [0, 0.05) is 0 Å². The number of methoxy groups -OCH3 is 1. The fourth-order valence-corrected chi connectivity index (χ4v) is 4.09. The zero-order valence-corrected chi connectivity index (χ0v) is 18.8. The molecule has 172 valence electrons. The number of carbonyl (C=O) groups is 1. The van der Waals surface area contributed by atoms with Gasteiger partial charge >= 0.3 is 10.1 Å². The van der Waals surface area contributed by atoms with Gasteiger partial charge in [-0.2, -0.15) is 13.5 Å². The number of benzene rings is 4. The van der Waals surface area contributed by atoms with Crippen molar-refractivity contribution in [2.45, 2.75) is 4.90 Å². The summed E-state index contributed by atoms with van der Waals surface area (Å²) in [6, 6.07) is 22.4. The van der Waals surface area contributed by atoms with E-state index in [2.05, 4.69) is 10.5 Å². The molecule has 4 rings (SSSR count). The summed E-state index contributed by atoms with van der Waals surface area (Å²) in [5.74, 6) is -0.0559. The molecule has 0 spiro atoms. The standard InChI is InChI=1S/C25H20N2O6S/c1-32-20-10-12-22(13-11-20)34(30,31)33-21-8-6-17(7-9-21)16-26-27-25(29)23-14-18-4-2-3-5-19(18)15-24(23)28/h2-16,28H,1H3,(H,27,29)/b26-16+. The minimum atomic E-state index is -4.00. The second kappa shape index (κ2) is 9.63. The fourth-order valence-electron chi connectivity index (χ4n) is 3.16. The average Bonchev–Trinajstić information content (AvgIpc) is 2.84. The van der Waals surface area contributed by atoms with Crippen molar-refractivity contribution < 1.29 is 27.2 Å². The Kier molecular flexibility index (Phi) is 6.46. The third-order valence-corrected chi connectivity index (χ3v) is 6.18. The first kappa shape index (κ1) is 22.8. The molecule has 0 aliphatic rings. The van der Waals surface area contributed by atoms with Crippen molar-refractivity contribution >= 4 is 33.0 Å². The summed E-state index contributed by atoms with van der Waals surface area (Å²) in [6.45, 7) is 0. The van der Waals surface area contributed by atoms with E-state index in [1.165, 1.54) is 55.8 Å². The van der Waals surface area contributed by atoms with Crippen LogP contribution in [0.15, 0.2) is 94.9 Å². The highest BCUT2D eigenvalue weighted by Crippen LogP contribution is 2.25. The predicted molar refractivity (Wildman–Crippen MR) is 128 cm³/mol. The molecule has 0 saturated carbocycles. The summed E-state index contributed by atoms with van der Waals surface area (Å²) >= 11 is 0. The smallest absolute Gasteiger partial charge is 0.339 e. The quantitative estimate of drug-likeness (QED) is 0.236. The van der Waals surface area contributed by atoms with E-state index < -0.39 is 16.0 Å². The Morgan fingerprint density at radius 3 is 2.18 bits per heavy atom. The molecule has 9 heteroatoms. The Hall–Kier alpha value is -4.37. The van der Waals surface area contributed by atoms with E-state index in [-0.39, 0.29) is 22.0 Å². The highest BCUT2D eigenvalue weighted by atomic mass is 32.2. The molecule has 0 unspecified atom stereocenters. The van der Waals surface area contributed by atoms with Crippen LogP contribution in [0.1, 0.15) is 15.9 Å². The van der Waals surface area contributed by atoms with Crippen LogP contribution in [0.5, 0.6) is 17.2 Å². The number of hydrazone groups is 1. The molecular formula is C25H20N2O6S. The second-order valence-electron chi connectivity index (χ2n) is 7.20. The largest absolute Gasteiger partial charge is 0.507 e. The molecule has 0 aromatic heterocycles. The van der Waals surface area contributed by atoms with Crippen LogP contribution in [0.25, 0.3) is 10.8 Å². The van der Waals surface area contributed by atoms with Crippen LogP contribution in [0.4, 0.5) is 0 Å². The molecule has 0 aliphatic carbocycles. The number of nitrogens with zero attached hydrogens (tertiary/aromatic N) is 1. The Bertz CT molecular complexity index is 1460. The topological polar surface area (TPSA) is 114 Å². The summed E-state index contributed by atoms with van der Waals surface area (Å²) in [5, 5.41) is 15.7. The van der Waals surface area contributed by atoms with Crippen LogP contribution in [0, 0.1) is 0 Å². The zero-order valence-electron chi connectivity index (χ0n) is 18.0. The van der Waals surface area contributed by atoms with Crippen molar-refractivity contribution in [3.63, 3.8) is 0 Å². The van der Waals surface area contributed by atoms with E-state index in [0.717, 1.165) is 10.8 Å². The van der Waals surface area contributed by atoms with Crippen molar-refractivity contribution in [3.8, 4) is 17.2 Å². The van der Waals surface area contributed by atoms with E-state index in [9.17, 15) is 18.3 Å². The maximum atomic E-state index is 12.4. The van der Waals surface area contributed by atoms with Gasteiger partial charge in [-0.1, -0.05) is 24.3 Å². The van der Waals surface area contributed by atoms with Gasteiger partial charge in [-0.15, -0.1) is 0 Å². The molecule has 2 N–H and O–H groups in total. The minimum absolute atomic E-state index is 0.00130. The minimum Gasteiger partial charge on any atom is -0.507 e. The number of ether oxygens (including phenoxy) is 1. The van der Waals surface area contributed by atoms with E-state index in [1.807, 2.05) is 24.3 Å². The molecular weight excluding hydrogens is 456 g/mol. The predicted octanol–water partition coefficient (Wildman–Crippen LogP) is 4.09. The first-order valence-corrected chi connectivity index (χ1v) is 11.5. The number of amides is 1. The van der Waals surface area contributed by atoms with Gasteiger partial charge in [-0.25, -0.2) is 5.43 Å². The van der Waals surface area contributed by atoms with Gasteiger partial charge in [0.1, 0.15) is 22.1 Å². The van der Waals surface area contributed by atoms with Crippen LogP contribution in [0.3, 0.4) is 0 Å². The summed E-state index contributed by atoms with van der Waals surface area (Å²) < 4.78 is 35.0. The molecule has 34 heavy (non-hydrogen) atoms. The van der Waals surface area contributed by atoms with Crippen molar-refractivity contribution in [2.75, 3.05) is 7.11 Å². The molecule has 0 fully saturated rings. The van der Waals surface area contributed by atoms with Crippen LogP contribution in [-0.2, 0) is 10.1 Å². The molecule has 0 bridgehead atoms. The van der Waals surface area contributed by atoms with Gasteiger partial charge < -0.3 is 14.0 Å². The van der Waals surface area contributed by atoms with Gasteiger partial charge in [-0.3, -0.25) is 4.79 Å². The maximum absolute atomic E-state index is 12.4. The van der Waals surface area contributed by atoms with Gasteiger partial charge in [0.15, 0.2) is 0 Å². The van der Waals surface area contributed by atoms with Crippen LogP contribution in [0.2, 0.25) is 0 Å². The van der Waals surface area contributed by atoms with Gasteiger partial charge in [0.05, 0.1) is 18.9 Å². The van der Waals surface area contributed by atoms with Gasteiger partial charge in [0.2, 0.25) is 0 Å². The first-order chi connectivity index (χ1) is 16.4. The highest BCUT2D eigenvalue weighted by Gasteiger charge is 2.16. The summed E-state index contributed by atoms with van der Waals surface area (Å²) in [4.78, 5) is 12.4. The third-order valence-electron chi connectivity index (χ3n) is 4.92. The molecule has 0 aliphatic heterocycles.